The van der Waals surface area contributed by atoms with Crippen LogP contribution in [0.15, 0.2) is 24.3 Å². The van der Waals surface area contributed by atoms with Gasteiger partial charge in [0.2, 0.25) is 0 Å². The Morgan fingerprint density at radius 3 is 2.67 bits per heavy atom. The second kappa shape index (κ2) is 4.21. The lowest BCUT2D eigenvalue weighted by atomic mass is 10.1. The quantitative estimate of drug-likeness (QED) is 0.748. The average Bonchev–Trinajstić information content (AvgIpc) is 2.25. The lowest BCUT2D eigenvalue weighted by Crippen LogP contribution is -2.30. The normalized spacial score (nSPS) is 20.8. The third-order valence-electron chi connectivity index (χ3n) is 2.24. The predicted molar refractivity (Wildman–Crippen MR) is 52.7 cm³/mol. The summed E-state index contributed by atoms with van der Waals surface area (Å²) in [6, 6.07) is 6.49. The van der Waals surface area contributed by atoms with Gasteiger partial charge >= 0.3 is 5.97 Å². The van der Waals surface area contributed by atoms with Crippen molar-refractivity contribution in [3.63, 3.8) is 0 Å². The lowest BCUT2D eigenvalue weighted by molar-refractivity contribution is -0.151. The Kier molecular flexibility index (Phi) is 2.76. The maximum Gasteiger partial charge on any atom is 0.306 e. The lowest BCUT2D eigenvalue weighted by Gasteiger charge is -2.22. The maximum absolute atomic E-state index is 10.8. The van der Waals surface area contributed by atoms with Crippen molar-refractivity contribution in [3.05, 3.63) is 24.3 Å². The van der Waals surface area contributed by atoms with Gasteiger partial charge in [-0.05, 0) is 30.7 Å². The molecule has 1 N–H and O–H groups in total. The molecule has 1 saturated heterocycles. The maximum atomic E-state index is 10.8. The van der Waals surface area contributed by atoms with Gasteiger partial charge in [-0.2, -0.15) is 0 Å². The van der Waals surface area contributed by atoms with Crippen molar-refractivity contribution in [2.75, 3.05) is 6.61 Å². The van der Waals surface area contributed by atoms with Crippen LogP contribution in [0.4, 0.5) is 0 Å². The summed E-state index contributed by atoms with van der Waals surface area (Å²) in [7, 11) is 0. The summed E-state index contributed by atoms with van der Waals surface area (Å²) in [5.41, 5.74) is 0. The molecule has 0 amide bonds. The Morgan fingerprint density at radius 2 is 2.07 bits per heavy atom. The minimum atomic E-state index is -0.166. The number of cyclic esters (lactones) is 1. The van der Waals surface area contributed by atoms with Crippen LogP contribution >= 0.6 is 0 Å². The first-order valence-corrected chi connectivity index (χ1v) is 4.85. The molecule has 1 aromatic carbocycles. The van der Waals surface area contributed by atoms with Crippen LogP contribution in [0.3, 0.4) is 0 Å². The molecule has 0 spiro atoms. The van der Waals surface area contributed by atoms with Gasteiger partial charge in [-0.3, -0.25) is 4.79 Å². The van der Waals surface area contributed by atoms with Gasteiger partial charge in [0.1, 0.15) is 24.2 Å². The summed E-state index contributed by atoms with van der Waals surface area (Å²) in [6.45, 7) is 0.305. The van der Waals surface area contributed by atoms with Gasteiger partial charge in [-0.1, -0.05) is 0 Å². The van der Waals surface area contributed by atoms with Crippen molar-refractivity contribution in [1.29, 1.82) is 0 Å². The van der Waals surface area contributed by atoms with Gasteiger partial charge in [0, 0.05) is 6.42 Å². The molecule has 0 radical (unpaired) electrons. The summed E-state index contributed by atoms with van der Waals surface area (Å²) in [4.78, 5) is 10.8. The largest absolute Gasteiger partial charge is 0.508 e. The molecule has 1 aliphatic rings. The standard InChI is InChI=1S/C11H12O4/c12-8-1-3-9(4-2-8)15-10-5-6-11(13)14-7-10/h1-4,10,12H,5-7H2. The Hall–Kier alpha value is -1.71. The van der Waals surface area contributed by atoms with E-state index in [0.29, 0.717) is 25.2 Å². The fourth-order valence-corrected chi connectivity index (χ4v) is 1.43. The van der Waals surface area contributed by atoms with Gasteiger partial charge in [0.15, 0.2) is 0 Å². The molecule has 0 saturated carbocycles. The van der Waals surface area contributed by atoms with E-state index in [2.05, 4.69) is 0 Å². The molecule has 1 fully saturated rings. The van der Waals surface area contributed by atoms with Crippen LogP contribution in [0.25, 0.3) is 0 Å². The number of carbonyl (C=O) groups is 1. The van der Waals surface area contributed by atoms with Crippen molar-refractivity contribution in [3.8, 4) is 11.5 Å². The summed E-state index contributed by atoms with van der Waals surface area (Å²) in [5.74, 6) is 0.716. The molecule has 1 unspecified atom stereocenters. The number of aromatic hydroxyl groups is 1. The number of carbonyl (C=O) groups excluding carboxylic acids is 1. The SMILES string of the molecule is O=C1CCC(Oc2ccc(O)cc2)CO1. The highest BCUT2D eigenvalue weighted by atomic mass is 16.6. The van der Waals surface area contributed by atoms with Crippen LogP contribution in [-0.2, 0) is 9.53 Å². The Balaban J connectivity index is 1.91. The van der Waals surface area contributed by atoms with Gasteiger partial charge in [0.25, 0.3) is 0 Å². The average molecular weight is 208 g/mol. The Bertz CT molecular complexity index is 334. The van der Waals surface area contributed by atoms with Gasteiger partial charge in [0.05, 0.1) is 0 Å². The number of rotatable bonds is 2. The third-order valence-corrected chi connectivity index (χ3v) is 2.24. The van der Waals surface area contributed by atoms with E-state index in [1.807, 2.05) is 0 Å². The minimum absolute atomic E-state index is 0.0766. The minimum Gasteiger partial charge on any atom is -0.508 e. The molecular weight excluding hydrogens is 196 g/mol. The topological polar surface area (TPSA) is 55.8 Å². The van der Waals surface area contributed by atoms with Gasteiger partial charge in [-0.25, -0.2) is 0 Å². The molecule has 80 valence electrons. The first-order valence-electron chi connectivity index (χ1n) is 4.85. The zero-order chi connectivity index (χ0) is 10.7. The molecule has 4 heteroatoms. The fourth-order valence-electron chi connectivity index (χ4n) is 1.43. The molecule has 1 aliphatic heterocycles. The summed E-state index contributed by atoms with van der Waals surface area (Å²) < 4.78 is 10.4. The third kappa shape index (κ3) is 2.62. The van der Waals surface area contributed by atoms with Crippen molar-refractivity contribution in [1.82, 2.24) is 0 Å². The number of hydrogen-bond donors (Lipinski definition) is 1. The zero-order valence-electron chi connectivity index (χ0n) is 8.18. The van der Waals surface area contributed by atoms with Crippen LogP contribution < -0.4 is 4.74 Å². The molecular formula is C11H12O4. The molecule has 2 rings (SSSR count). The number of esters is 1. The van der Waals surface area contributed by atoms with E-state index in [-0.39, 0.29) is 17.8 Å². The van der Waals surface area contributed by atoms with Crippen molar-refractivity contribution in [2.45, 2.75) is 18.9 Å². The van der Waals surface area contributed by atoms with Crippen molar-refractivity contribution >= 4 is 5.97 Å². The molecule has 15 heavy (non-hydrogen) atoms. The van der Waals surface area contributed by atoms with Crippen LogP contribution in [0, 0.1) is 0 Å². The summed E-state index contributed by atoms with van der Waals surface area (Å²) >= 11 is 0. The molecule has 0 aliphatic carbocycles. The number of ether oxygens (including phenoxy) is 2. The molecule has 1 heterocycles. The van der Waals surface area contributed by atoms with E-state index >= 15 is 0 Å². The van der Waals surface area contributed by atoms with Crippen LogP contribution in [0.1, 0.15) is 12.8 Å². The number of phenols is 1. The second-order valence-electron chi connectivity index (χ2n) is 3.46. The van der Waals surface area contributed by atoms with Crippen LogP contribution in [0.5, 0.6) is 11.5 Å². The van der Waals surface area contributed by atoms with Crippen LogP contribution in [-0.4, -0.2) is 23.8 Å². The predicted octanol–water partition coefficient (Wildman–Crippen LogP) is 1.48. The smallest absolute Gasteiger partial charge is 0.306 e. The Labute approximate surface area is 87.4 Å². The summed E-state index contributed by atoms with van der Waals surface area (Å²) in [5, 5.41) is 9.07. The number of benzene rings is 1. The van der Waals surface area contributed by atoms with E-state index in [1.165, 1.54) is 0 Å². The van der Waals surface area contributed by atoms with E-state index in [9.17, 15) is 4.79 Å². The van der Waals surface area contributed by atoms with E-state index in [4.69, 9.17) is 14.6 Å². The van der Waals surface area contributed by atoms with Gasteiger partial charge < -0.3 is 14.6 Å². The number of phenolic OH excluding ortho intramolecular Hbond substituents is 1. The first kappa shape index (κ1) is 9.83. The number of hydrogen-bond acceptors (Lipinski definition) is 4. The Morgan fingerprint density at radius 1 is 1.33 bits per heavy atom. The molecule has 1 atom stereocenters. The fraction of sp³-hybridized carbons (Fsp3) is 0.364. The van der Waals surface area contributed by atoms with Crippen LogP contribution in [0.2, 0.25) is 0 Å². The van der Waals surface area contributed by atoms with Gasteiger partial charge in [-0.15, -0.1) is 0 Å². The monoisotopic (exact) mass is 208 g/mol. The molecule has 0 aromatic heterocycles. The van der Waals surface area contributed by atoms with E-state index < -0.39 is 0 Å². The molecule has 4 nitrogen and oxygen atoms in total. The first-order chi connectivity index (χ1) is 7.24. The van der Waals surface area contributed by atoms with E-state index in [0.717, 1.165) is 0 Å². The highest BCUT2D eigenvalue weighted by Crippen LogP contribution is 2.20. The molecule has 1 aromatic rings. The summed E-state index contributed by atoms with van der Waals surface area (Å²) in [6.07, 6.45) is 1.01. The highest BCUT2D eigenvalue weighted by Gasteiger charge is 2.20. The molecule has 0 bridgehead atoms. The second-order valence-corrected chi connectivity index (χ2v) is 3.46. The highest BCUT2D eigenvalue weighted by molar-refractivity contribution is 5.70. The van der Waals surface area contributed by atoms with Crippen molar-refractivity contribution in [2.24, 2.45) is 0 Å². The van der Waals surface area contributed by atoms with E-state index in [1.54, 1.807) is 24.3 Å². The van der Waals surface area contributed by atoms with Crippen molar-refractivity contribution < 1.29 is 19.4 Å². The zero-order valence-corrected chi connectivity index (χ0v) is 8.18.